The molecule has 1 heterocycles. The minimum absolute atomic E-state index is 0.00409. The first kappa shape index (κ1) is 20.7. The molecular weight excluding hydrogens is 449 g/mol. The first-order valence-corrected chi connectivity index (χ1v) is 9.67. The first-order valence-electron chi connectivity index (χ1n) is 7.40. The van der Waals surface area contributed by atoms with E-state index in [-0.39, 0.29) is 27.2 Å². The second kappa shape index (κ2) is 9.01. The van der Waals surface area contributed by atoms with Crippen LogP contribution in [0.4, 0.5) is 16.4 Å². The minimum atomic E-state index is -0.390. The van der Waals surface area contributed by atoms with Crippen molar-refractivity contribution in [1.29, 1.82) is 0 Å². The number of amides is 1. The molecule has 0 saturated carbocycles. The third-order valence-corrected chi connectivity index (χ3v) is 5.52. The summed E-state index contributed by atoms with van der Waals surface area (Å²) in [4.78, 5) is 16.1. The van der Waals surface area contributed by atoms with Gasteiger partial charge in [0.1, 0.15) is 10.7 Å². The zero-order valence-electron chi connectivity index (χ0n) is 14.0. The zero-order valence-corrected chi connectivity index (χ0v) is 17.1. The van der Waals surface area contributed by atoms with Crippen molar-refractivity contribution < 1.29 is 19.2 Å². The van der Waals surface area contributed by atoms with Crippen molar-refractivity contribution in [3.63, 3.8) is 0 Å². The maximum atomic E-state index is 11.3. The average Bonchev–Trinajstić information content (AvgIpc) is 3.07. The summed E-state index contributed by atoms with van der Waals surface area (Å²) < 4.78 is 8.92. The van der Waals surface area contributed by atoms with Gasteiger partial charge < -0.3 is 10.4 Å². The molecule has 0 aliphatic heterocycles. The van der Waals surface area contributed by atoms with Gasteiger partial charge in [0, 0.05) is 17.2 Å². The molecule has 3 aromatic rings. The topological polar surface area (TPSA) is 131 Å². The molecule has 0 bridgehead atoms. The molecule has 3 rings (SSSR count). The number of azo groups is 1. The molecule has 0 unspecified atom stereocenters. The molecule has 4 N–H and O–H groups in total. The highest BCUT2D eigenvalue weighted by Gasteiger charge is 2.16. The Morgan fingerprint density at radius 2 is 2.11 bits per heavy atom. The van der Waals surface area contributed by atoms with Crippen molar-refractivity contribution in [3.8, 4) is 5.75 Å². The van der Waals surface area contributed by atoms with Crippen LogP contribution in [0, 0.1) is 0 Å². The van der Waals surface area contributed by atoms with Gasteiger partial charge in [0.25, 0.3) is 0 Å². The van der Waals surface area contributed by atoms with Crippen molar-refractivity contribution >= 4 is 80.0 Å². The fourth-order valence-corrected chi connectivity index (χ4v) is 3.62. The van der Waals surface area contributed by atoms with E-state index < -0.39 is 5.91 Å². The number of carbonyl (C=O) groups is 1. The van der Waals surface area contributed by atoms with Crippen LogP contribution in [0.1, 0.15) is 6.92 Å². The molecule has 9 nitrogen and oxygen atoms in total. The molecule has 0 radical (unpaired) electrons. The summed E-state index contributed by atoms with van der Waals surface area (Å²) in [5.74, 6) is 4.09. The summed E-state index contributed by atoms with van der Waals surface area (Å²) in [5.41, 5.74) is 0.952. The Bertz CT molecular complexity index is 1080. The van der Waals surface area contributed by atoms with Gasteiger partial charge in [-0.2, -0.15) is 10.3 Å². The second-order valence-corrected chi connectivity index (χ2v) is 7.50. The smallest absolute Gasteiger partial charge is 0.221 e. The number of aromatic hydroxyl groups is 1. The number of nitrogens with two attached hydrogens (primary N) is 1. The lowest BCUT2D eigenvalue weighted by atomic mass is 10.2. The van der Waals surface area contributed by atoms with Gasteiger partial charge in [-0.05, 0) is 35.8 Å². The number of hydrogen-bond donors (Lipinski definition) is 3. The molecule has 146 valence electrons. The monoisotopic (exact) mass is 459 g/mol. The van der Waals surface area contributed by atoms with E-state index in [9.17, 15) is 9.90 Å². The number of fused-ring (bicyclic) bond motifs is 1. The fraction of sp³-hybridized carbons (Fsp3) is 0.0667. The predicted octanol–water partition coefficient (Wildman–Crippen LogP) is 5.51. The van der Waals surface area contributed by atoms with Gasteiger partial charge in [-0.3, -0.25) is 4.79 Å². The maximum absolute atomic E-state index is 11.3. The van der Waals surface area contributed by atoms with E-state index in [1.807, 2.05) is 0 Å². The standard InChI is InChI=1S/C15H11Cl2N5O4S2/c1-6(23)19-11-5-10(12(16)13(17)14(11)24)20-21-15-8-4-7(28-26-25-18)2-3-9(8)22-27-15/h2-5,24H,18H2,1H3,(H,19,23)/b21-20+. The molecule has 0 fully saturated rings. The average molecular weight is 460 g/mol. The number of nitrogens with one attached hydrogen (secondary N) is 1. The molecule has 0 aliphatic carbocycles. The second-order valence-electron chi connectivity index (χ2n) is 5.22. The van der Waals surface area contributed by atoms with Gasteiger partial charge in [0.2, 0.25) is 5.91 Å². The summed E-state index contributed by atoms with van der Waals surface area (Å²) in [6.07, 6.45) is 0. The molecule has 0 spiro atoms. The normalized spacial score (nSPS) is 11.4. The molecule has 28 heavy (non-hydrogen) atoms. The summed E-state index contributed by atoms with van der Waals surface area (Å²) in [5, 5.41) is 21.8. The van der Waals surface area contributed by atoms with Gasteiger partial charge in [0.05, 0.1) is 28.3 Å². The van der Waals surface area contributed by atoms with E-state index in [0.29, 0.717) is 15.4 Å². The molecule has 0 saturated heterocycles. The van der Waals surface area contributed by atoms with Crippen LogP contribution in [0.5, 0.6) is 5.75 Å². The Morgan fingerprint density at radius 3 is 2.82 bits per heavy atom. The number of phenols is 1. The fourth-order valence-electron chi connectivity index (χ4n) is 2.15. The molecular formula is C15H11Cl2N5O4S2. The summed E-state index contributed by atoms with van der Waals surface area (Å²) in [6.45, 7) is 1.29. The van der Waals surface area contributed by atoms with Gasteiger partial charge in [0.15, 0.2) is 10.8 Å². The van der Waals surface area contributed by atoms with Crippen molar-refractivity contribution in [1.82, 2.24) is 4.37 Å². The predicted molar refractivity (Wildman–Crippen MR) is 108 cm³/mol. The van der Waals surface area contributed by atoms with Crippen LogP contribution in [0.3, 0.4) is 0 Å². The Kier molecular flexibility index (Phi) is 6.67. The Hall–Kier alpha value is -1.99. The first-order chi connectivity index (χ1) is 13.4. The summed E-state index contributed by atoms with van der Waals surface area (Å²) >= 11 is 14.2. The van der Waals surface area contributed by atoms with E-state index in [4.69, 9.17) is 29.1 Å². The molecule has 0 atom stereocenters. The van der Waals surface area contributed by atoms with Crippen LogP contribution in [0.15, 0.2) is 39.4 Å². The lowest BCUT2D eigenvalue weighted by Crippen LogP contribution is -2.05. The lowest BCUT2D eigenvalue weighted by molar-refractivity contribution is -0.195. The highest BCUT2D eigenvalue weighted by Crippen LogP contribution is 2.44. The highest BCUT2D eigenvalue weighted by molar-refractivity contribution is 7.94. The number of rotatable bonds is 6. The van der Waals surface area contributed by atoms with Gasteiger partial charge in [-0.25, -0.2) is 0 Å². The van der Waals surface area contributed by atoms with Crippen LogP contribution in [0.25, 0.3) is 10.9 Å². The number of halogens is 2. The van der Waals surface area contributed by atoms with Gasteiger partial charge in [-0.1, -0.05) is 23.2 Å². The number of hydrogen-bond acceptors (Lipinski definition) is 10. The molecule has 1 aromatic heterocycles. The molecule has 0 aliphatic rings. The number of aromatic nitrogens is 1. The number of benzene rings is 2. The van der Waals surface area contributed by atoms with Crippen LogP contribution in [-0.2, 0) is 14.1 Å². The lowest BCUT2D eigenvalue weighted by Gasteiger charge is -2.09. The van der Waals surface area contributed by atoms with Crippen molar-refractivity contribution in [2.75, 3.05) is 5.32 Å². The van der Waals surface area contributed by atoms with Crippen molar-refractivity contribution in [2.24, 2.45) is 16.1 Å². The number of carbonyl (C=O) groups excluding carboxylic acids is 1. The van der Waals surface area contributed by atoms with Crippen molar-refractivity contribution in [2.45, 2.75) is 11.8 Å². The highest BCUT2D eigenvalue weighted by atomic mass is 35.5. The van der Waals surface area contributed by atoms with E-state index in [2.05, 4.69) is 29.2 Å². The largest absolute Gasteiger partial charge is 0.504 e. The summed E-state index contributed by atoms with van der Waals surface area (Å²) in [6, 6.07) is 6.71. The quantitative estimate of drug-likeness (QED) is 0.145. The molecule has 1 amide bonds. The third-order valence-electron chi connectivity index (χ3n) is 3.32. The third kappa shape index (κ3) is 4.52. The zero-order chi connectivity index (χ0) is 20.3. The SMILES string of the molecule is CC(=O)Nc1cc(/N=N/c2snc3ccc(SOON)cc23)c(Cl)c(Cl)c1O. The van der Waals surface area contributed by atoms with E-state index >= 15 is 0 Å². The number of anilines is 1. The molecule has 2 aromatic carbocycles. The number of nitrogens with zero attached hydrogens (tertiary/aromatic N) is 3. The van der Waals surface area contributed by atoms with Gasteiger partial charge in [-0.15, -0.1) is 19.6 Å². The van der Waals surface area contributed by atoms with E-state index in [1.165, 1.54) is 13.0 Å². The van der Waals surface area contributed by atoms with Crippen LogP contribution < -0.4 is 11.2 Å². The molecule has 13 heteroatoms. The van der Waals surface area contributed by atoms with E-state index in [1.54, 1.807) is 18.2 Å². The Labute approximate surface area is 176 Å². The van der Waals surface area contributed by atoms with E-state index in [0.717, 1.165) is 29.0 Å². The van der Waals surface area contributed by atoms with Crippen LogP contribution in [0.2, 0.25) is 10.0 Å². The summed E-state index contributed by atoms with van der Waals surface area (Å²) in [7, 11) is 0. The number of phenolic OH excluding ortho intramolecular Hbond substituents is 1. The van der Waals surface area contributed by atoms with Gasteiger partial charge >= 0.3 is 0 Å². The Morgan fingerprint density at radius 1 is 1.32 bits per heavy atom. The minimum Gasteiger partial charge on any atom is -0.504 e. The van der Waals surface area contributed by atoms with Crippen LogP contribution >= 0.6 is 46.8 Å². The van der Waals surface area contributed by atoms with Crippen molar-refractivity contribution in [3.05, 3.63) is 34.3 Å². The Balaban J connectivity index is 1.97. The maximum Gasteiger partial charge on any atom is 0.221 e. The van der Waals surface area contributed by atoms with Crippen LogP contribution in [-0.4, -0.2) is 15.4 Å².